The molecule has 10 unspecified atom stereocenters. The number of epoxide rings is 1. The molecule has 10 atom stereocenters. The van der Waals surface area contributed by atoms with Crippen molar-refractivity contribution in [3.05, 3.63) is 11.6 Å². The van der Waals surface area contributed by atoms with Gasteiger partial charge in [0.1, 0.15) is 6.10 Å². The zero-order chi connectivity index (χ0) is 19.4. The van der Waals surface area contributed by atoms with Crippen LogP contribution in [0.25, 0.3) is 0 Å². The third-order valence-electron chi connectivity index (χ3n) is 7.81. The summed E-state index contributed by atoms with van der Waals surface area (Å²) in [4.78, 5) is 13.3. The molecular weight excluding hydrogens is 336 g/mol. The van der Waals surface area contributed by atoms with Crippen LogP contribution in [-0.4, -0.2) is 61.8 Å². The Balaban J connectivity index is 1.82. The summed E-state index contributed by atoms with van der Waals surface area (Å²) in [6.45, 7) is 9.16. The number of rotatable bonds is 0. The van der Waals surface area contributed by atoms with Gasteiger partial charge >= 0.3 is 0 Å². The lowest BCUT2D eigenvalue weighted by Crippen LogP contribution is -2.41. The second-order valence-electron chi connectivity index (χ2n) is 9.69. The van der Waals surface area contributed by atoms with E-state index in [4.69, 9.17) is 4.74 Å². The molecule has 1 aliphatic heterocycles. The summed E-state index contributed by atoms with van der Waals surface area (Å²) < 4.78 is 5.89. The van der Waals surface area contributed by atoms with E-state index in [1.54, 1.807) is 19.9 Å². The van der Waals surface area contributed by atoms with Gasteiger partial charge in [0.25, 0.3) is 0 Å². The number of Topliss-reactive ketones (excluding diaryl/α,β-unsaturated/α-hetero) is 1. The molecule has 1 heterocycles. The highest BCUT2D eigenvalue weighted by Crippen LogP contribution is 2.67. The van der Waals surface area contributed by atoms with E-state index in [9.17, 15) is 25.2 Å². The van der Waals surface area contributed by atoms with Gasteiger partial charge in [-0.2, -0.15) is 0 Å². The van der Waals surface area contributed by atoms with Gasteiger partial charge in [-0.15, -0.1) is 0 Å². The summed E-state index contributed by atoms with van der Waals surface area (Å²) in [6.07, 6.45) is -1.92. The Hall–Kier alpha value is -0.790. The molecule has 0 spiro atoms. The average molecular weight is 366 g/mol. The number of carbonyl (C=O) groups is 1. The number of aliphatic hydroxyl groups is 4. The summed E-state index contributed by atoms with van der Waals surface area (Å²) in [5, 5.41) is 43.0. The molecule has 0 aromatic carbocycles. The second kappa shape index (κ2) is 5.17. The first-order valence-corrected chi connectivity index (χ1v) is 9.58. The van der Waals surface area contributed by atoms with Crippen molar-refractivity contribution in [3.63, 3.8) is 0 Å². The molecule has 6 nitrogen and oxygen atoms in total. The molecule has 2 saturated carbocycles. The van der Waals surface area contributed by atoms with Crippen molar-refractivity contribution in [2.75, 3.05) is 0 Å². The monoisotopic (exact) mass is 366 g/mol. The number of carbonyl (C=O) groups excluding carboxylic acids is 1. The van der Waals surface area contributed by atoms with Gasteiger partial charge in [-0.05, 0) is 48.2 Å². The maximum absolute atomic E-state index is 13.3. The van der Waals surface area contributed by atoms with Crippen molar-refractivity contribution in [2.24, 2.45) is 29.1 Å². The van der Waals surface area contributed by atoms with Gasteiger partial charge < -0.3 is 25.2 Å². The van der Waals surface area contributed by atoms with Gasteiger partial charge in [-0.25, -0.2) is 0 Å². The summed E-state index contributed by atoms with van der Waals surface area (Å²) >= 11 is 0. The Morgan fingerprint density at radius 2 is 1.65 bits per heavy atom. The van der Waals surface area contributed by atoms with Crippen LogP contribution in [0, 0.1) is 29.1 Å². The topological polar surface area (TPSA) is 111 Å². The van der Waals surface area contributed by atoms with Crippen molar-refractivity contribution < 1.29 is 30.0 Å². The third kappa shape index (κ3) is 1.97. The number of aliphatic hydroxyl groups excluding tert-OH is 4. The number of hydrogen-bond acceptors (Lipinski definition) is 6. The first-order valence-electron chi connectivity index (χ1n) is 9.58. The number of ether oxygens (including phenoxy) is 1. The molecule has 4 rings (SSSR count). The lowest BCUT2D eigenvalue weighted by atomic mass is 9.81. The van der Waals surface area contributed by atoms with E-state index >= 15 is 0 Å². The Bertz CT molecular complexity index is 686. The van der Waals surface area contributed by atoms with Crippen LogP contribution in [0.5, 0.6) is 0 Å². The Labute approximate surface area is 153 Å². The Morgan fingerprint density at radius 1 is 1.08 bits per heavy atom. The predicted octanol–water partition coefficient (Wildman–Crippen LogP) is 0.415. The molecule has 4 N–H and O–H groups in total. The minimum absolute atomic E-state index is 0.129. The van der Waals surface area contributed by atoms with E-state index in [1.807, 2.05) is 20.8 Å². The highest BCUT2D eigenvalue weighted by atomic mass is 16.7. The molecule has 1 saturated heterocycles. The van der Waals surface area contributed by atoms with Gasteiger partial charge in [0, 0.05) is 5.92 Å². The molecule has 0 bridgehead atoms. The van der Waals surface area contributed by atoms with Crippen LogP contribution in [0.3, 0.4) is 0 Å². The van der Waals surface area contributed by atoms with Crippen molar-refractivity contribution >= 4 is 5.78 Å². The van der Waals surface area contributed by atoms with Crippen LogP contribution in [0.1, 0.15) is 41.0 Å². The van der Waals surface area contributed by atoms with E-state index in [2.05, 4.69) is 0 Å². The molecule has 3 aliphatic carbocycles. The number of fused-ring (bicyclic) bond motifs is 1. The van der Waals surface area contributed by atoms with Gasteiger partial charge in [-0.1, -0.05) is 27.7 Å². The second-order valence-corrected chi connectivity index (χ2v) is 9.69. The molecular formula is C20H30O6. The molecule has 26 heavy (non-hydrogen) atoms. The summed E-state index contributed by atoms with van der Waals surface area (Å²) in [5.74, 6) is -1.55. The van der Waals surface area contributed by atoms with Crippen molar-refractivity contribution in [3.8, 4) is 0 Å². The van der Waals surface area contributed by atoms with Crippen LogP contribution >= 0.6 is 0 Å². The molecule has 0 radical (unpaired) electrons. The molecule has 0 aromatic rings. The maximum Gasteiger partial charge on any atom is 0.173 e. The van der Waals surface area contributed by atoms with E-state index in [0.29, 0.717) is 12.0 Å². The molecule has 6 heteroatoms. The SMILES string of the molecule is CC1=CC23OC2(CC(C)C3O)C(=O)C(C)C(O)C2C(C(O)C1O)C2(C)C. The molecule has 4 aliphatic rings. The smallest absolute Gasteiger partial charge is 0.173 e. The van der Waals surface area contributed by atoms with E-state index in [0.717, 1.165) is 0 Å². The first-order chi connectivity index (χ1) is 11.9. The summed E-state index contributed by atoms with van der Waals surface area (Å²) in [7, 11) is 0. The normalized spacial score (nSPS) is 58.0. The van der Waals surface area contributed by atoms with E-state index in [-0.39, 0.29) is 29.0 Å². The fourth-order valence-corrected chi connectivity index (χ4v) is 6.07. The Morgan fingerprint density at radius 3 is 2.27 bits per heavy atom. The van der Waals surface area contributed by atoms with Crippen molar-refractivity contribution in [1.29, 1.82) is 0 Å². The lowest BCUT2D eigenvalue weighted by molar-refractivity contribution is -0.132. The highest BCUT2D eigenvalue weighted by Gasteiger charge is 2.82. The maximum atomic E-state index is 13.3. The molecule has 0 aromatic heterocycles. The molecule has 3 fully saturated rings. The van der Waals surface area contributed by atoms with Crippen LogP contribution in [-0.2, 0) is 9.53 Å². The van der Waals surface area contributed by atoms with Crippen LogP contribution in [0.2, 0.25) is 0 Å². The fraction of sp³-hybridized carbons (Fsp3) is 0.850. The van der Waals surface area contributed by atoms with E-state index in [1.165, 1.54) is 0 Å². The minimum Gasteiger partial charge on any atom is -0.392 e. The third-order valence-corrected chi connectivity index (χ3v) is 7.81. The van der Waals surface area contributed by atoms with E-state index < -0.39 is 41.5 Å². The van der Waals surface area contributed by atoms with Crippen LogP contribution in [0.15, 0.2) is 11.6 Å². The standard InChI is InChI=1S/C20H30O6/c1-8-6-19-16(24)9(2)7-20(19,26-19)17(25)10(3)14(22)11-12(18(11,4)5)15(23)13(8)21/h6,9-16,21-24H,7H2,1-5H3. The Kier molecular flexibility index (Phi) is 3.69. The zero-order valence-corrected chi connectivity index (χ0v) is 16.0. The quantitative estimate of drug-likeness (QED) is 0.365. The van der Waals surface area contributed by atoms with Gasteiger partial charge in [0.05, 0.1) is 18.3 Å². The van der Waals surface area contributed by atoms with Crippen molar-refractivity contribution in [2.45, 2.75) is 76.7 Å². The predicted molar refractivity (Wildman–Crippen MR) is 93.0 cm³/mol. The average Bonchev–Trinajstić information content (AvgIpc) is 3.37. The lowest BCUT2D eigenvalue weighted by Gasteiger charge is -2.23. The van der Waals surface area contributed by atoms with Crippen LogP contribution in [0.4, 0.5) is 0 Å². The minimum atomic E-state index is -1.16. The van der Waals surface area contributed by atoms with Gasteiger partial charge in [0.15, 0.2) is 17.0 Å². The summed E-state index contributed by atoms with van der Waals surface area (Å²) in [5.41, 5.74) is -2.18. The number of ketones is 1. The fourth-order valence-electron chi connectivity index (χ4n) is 6.07. The van der Waals surface area contributed by atoms with Gasteiger partial charge in [0.2, 0.25) is 0 Å². The van der Waals surface area contributed by atoms with Gasteiger partial charge in [-0.3, -0.25) is 4.79 Å². The zero-order valence-electron chi connectivity index (χ0n) is 16.0. The largest absolute Gasteiger partial charge is 0.392 e. The summed E-state index contributed by atoms with van der Waals surface area (Å²) in [6, 6.07) is 0. The number of hydrogen-bond donors (Lipinski definition) is 4. The first kappa shape index (κ1) is 18.6. The molecule has 0 amide bonds. The highest BCUT2D eigenvalue weighted by molar-refractivity contribution is 5.95. The van der Waals surface area contributed by atoms with Crippen LogP contribution < -0.4 is 0 Å². The molecule has 146 valence electrons. The van der Waals surface area contributed by atoms with Crippen molar-refractivity contribution in [1.82, 2.24) is 0 Å².